The first-order valence-electron chi connectivity index (χ1n) is 6.14. The number of hydrogen-bond acceptors (Lipinski definition) is 3. The number of carboxylic acid groups (broad SMARTS) is 2. The van der Waals surface area contributed by atoms with Gasteiger partial charge in [-0.25, -0.2) is 0 Å². The summed E-state index contributed by atoms with van der Waals surface area (Å²) in [6, 6.07) is 0. The summed E-state index contributed by atoms with van der Waals surface area (Å²) in [7, 11) is 0. The minimum absolute atomic E-state index is 0.266. The van der Waals surface area contributed by atoms with E-state index in [4.69, 9.17) is 10.2 Å². The van der Waals surface area contributed by atoms with Gasteiger partial charge in [0.15, 0.2) is 0 Å². The van der Waals surface area contributed by atoms with E-state index < -0.39 is 11.9 Å². The third-order valence-corrected chi connectivity index (χ3v) is 3.51. The fraction of sp³-hybridized carbons (Fsp3) is 0.833. The van der Waals surface area contributed by atoms with Crippen LogP contribution in [0.2, 0.25) is 0 Å². The molecule has 100 valence electrons. The van der Waals surface area contributed by atoms with Crippen LogP contribution < -0.4 is 0 Å². The van der Waals surface area contributed by atoms with E-state index in [2.05, 4.69) is 0 Å². The summed E-state index contributed by atoms with van der Waals surface area (Å²) >= 11 is 1.81. The Kier molecular flexibility index (Phi) is 11.3. The van der Waals surface area contributed by atoms with Crippen LogP contribution in [0.5, 0.6) is 0 Å². The highest BCUT2D eigenvalue weighted by Gasteiger charge is 1.98. The lowest BCUT2D eigenvalue weighted by Gasteiger charge is -2.01. The summed E-state index contributed by atoms with van der Waals surface area (Å²) in [5.74, 6) is 0.576. The van der Waals surface area contributed by atoms with Crippen LogP contribution in [0.15, 0.2) is 0 Å². The van der Waals surface area contributed by atoms with E-state index in [9.17, 15) is 9.59 Å². The van der Waals surface area contributed by atoms with Gasteiger partial charge in [-0.15, -0.1) is 0 Å². The first-order valence-corrected chi connectivity index (χ1v) is 7.29. The molecular formula is C12H22O4S. The molecule has 0 aromatic rings. The van der Waals surface area contributed by atoms with Gasteiger partial charge >= 0.3 is 11.9 Å². The topological polar surface area (TPSA) is 74.6 Å². The molecule has 0 aromatic heterocycles. The molecule has 4 nitrogen and oxygen atoms in total. The molecule has 0 bridgehead atoms. The zero-order chi connectivity index (χ0) is 12.9. The Morgan fingerprint density at radius 2 is 1.18 bits per heavy atom. The van der Waals surface area contributed by atoms with Gasteiger partial charge in [0.05, 0.1) is 0 Å². The fourth-order valence-corrected chi connectivity index (χ4v) is 2.40. The maximum Gasteiger partial charge on any atom is 0.303 e. The molecule has 0 saturated carbocycles. The molecule has 0 aliphatic rings. The predicted octanol–water partition coefficient (Wildman–Crippen LogP) is 3.01. The van der Waals surface area contributed by atoms with Crippen LogP contribution in [0.4, 0.5) is 0 Å². The molecule has 0 heterocycles. The first-order chi connectivity index (χ1) is 8.13. The maximum absolute atomic E-state index is 10.2. The van der Waals surface area contributed by atoms with E-state index in [1.54, 1.807) is 11.8 Å². The molecular weight excluding hydrogens is 240 g/mol. The Hall–Kier alpha value is -0.710. The zero-order valence-electron chi connectivity index (χ0n) is 10.2. The van der Waals surface area contributed by atoms with Crippen LogP contribution >= 0.6 is 11.8 Å². The SMILES string of the molecule is O=C(O)CCCCCCCSCCCC(=O)O. The summed E-state index contributed by atoms with van der Waals surface area (Å²) in [5.41, 5.74) is 0. The number of carboxylic acids is 2. The lowest BCUT2D eigenvalue weighted by Crippen LogP contribution is -1.95. The maximum atomic E-state index is 10.2. The van der Waals surface area contributed by atoms with Gasteiger partial charge in [-0.3, -0.25) is 9.59 Å². The highest BCUT2D eigenvalue weighted by molar-refractivity contribution is 7.99. The molecule has 2 N–H and O–H groups in total. The Labute approximate surface area is 107 Å². The van der Waals surface area contributed by atoms with Crippen LogP contribution in [-0.2, 0) is 9.59 Å². The number of unbranched alkanes of at least 4 members (excludes halogenated alkanes) is 4. The van der Waals surface area contributed by atoms with Gasteiger partial charge in [0.2, 0.25) is 0 Å². The van der Waals surface area contributed by atoms with Crippen LogP contribution in [0.25, 0.3) is 0 Å². The standard InChI is InChI=1S/C12H22O4S/c13-11(14)7-4-2-1-3-5-9-17-10-6-8-12(15)16/h1-10H2,(H,13,14)(H,15,16). The molecule has 0 atom stereocenters. The normalized spacial score (nSPS) is 10.4. The number of aliphatic carboxylic acids is 2. The Bertz CT molecular complexity index is 197. The molecule has 0 amide bonds. The van der Waals surface area contributed by atoms with Crippen molar-refractivity contribution in [1.29, 1.82) is 0 Å². The van der Waals surface area contributed by atoms with Crippen LogP contribution in [0.1, 0.15) is 51.4 Å². The molecule has 17 heavy (non-hydrogen) atoms. The average molecular weight is 262 g/mol. The Morgan fingerprint density at radius 3 is 1.82 bits per heavy atom. The van der Waals surface area contributed by atoms with E-state index in [0.29, 0.717) is 0 Å². The van der Waals surface area contributed by atoms with Crippen molar-refractivity contribution in [3.8, 4) is 0 Å². The number of thioether (sulfide) groups is 1. The molecule has 0 spiro atoms. The van der Waals surface area contributed by atoms with Gasteiger partial charge in [-0.2, -0.15) is 11.8 Å². The number of hydrogen-bond donors (Lipinski definition) is 2. The summed E-state index contributed by atoms with van der Waals surface area (Å²) in [6.45, 7) is 0. The molecule has 0 fully saturated rings. The highest BCUT2D eigenvalue weighted by Crippen LogP contribution is 2.11. The molecule has 0 aromatic carbocycles. The third kappa shape index (κ3) is 15.3. The van der Waals surface area contributed by atoms with Gasteiger partial charge in [-0.1, -0.05) is 19.3 Å². The average Bonchev–Trinajstić information content (AvgIpc) is 2.25. The molecule has 0 aliphatic carbocycles. The largest absolute Gasteiger partial charge is 0.481 e. The lowest BCUT2D eigenvalue weighted by atomic mass is 10.1. The number of rotatable bonds is 12. The quantitative estimate of drug-likeness (QED) is 0.529. The Morgan fingerprint density at radius 1 is 0.706 bits per heavy atom. The van der Waals surface area contributed by atoms with Gasteiger partial charge < -0.3 is 10.2 Å². The van der Waals surface area contributed by atoms with E-state index in [0.717, 1.165) is 50.0 Å². The van der Waals surface area contributed by atoms with Crippen molar-refractivity contribution in [2.75, 3.05) is 11.5 Å². The molecule has 5 heteroatoms. The van der Waals surface area contributed by atoms with Gasteiger partial charge in [0, 0.05) is 12.8 Å². The van der Waals surface area contributed by atoms with Crippen molar-refractivity contribution < 1.29 is 19.8 Å². The molecule has 0 rings (SSSR count). The smallest absolute Gasteiger partial charge is 0.303 e. The van der Waals surface area contributed by atoms with E-state index in [1.165, 1.54) is 0 Å². The monoisotopic (exact) mass is 262 g/mol. The lowest BCUT2D eigenvalue weighted by molar-refractivity contribution is -0.138. The third-order valence-electron chi connectivity index (χ3n) is 2.36. The van der Waals surface area contributed by atoms with Crippen LogP contribution in [0, 0.1) is 0 Å². The van der Waals surface area contributed by atoms with E-state index in [-0.39, 0.29) is 12.8 Å². The second-order valence-corrected chi connectivity index (χ2v) is 5.25. The highest BCUT2D eigenvalue weighted by atomic mass is 32.2. The van der Waals surface area contributed by atoms with Crippen LogP contribution in [-0.4, -0.2) is 33.7 Å². The van der Waals surface area contributed by atoms with Crippen molar-refractivity contribution in [2.45, 2.75) is 51.4 Å². The van der Waals surface area contributed by atoms with E-state index in [1.807, 2.05) is 0 Å². The molecule has 0 unspecified atom stereocenters. The second-order valence-electron chi connectivity index (χ2n) is 4.02. The second kappa shape index (κ2) is 11.8. The van der Waals surface area contributed by atoms with Crippen molar-refractivity contribution in [3.63, 3.8) is 0 Å². The molecule has 0 saturated heterocycles. The molecule has 0 radical (unpaired) electrons. The van der Waals surface area contributed by atoms with Crippen LogP contribution in [0.3, 0.4) is 0 Å². The predicted molar refractivity (Wildman–Crippen MR) is 69.5 cm³/mol. The van der Waals surface area contributed by atoms with Crippen molar-refractivity contribution in [1.82, 2.24) is 0 Å². The summed E-state index contributed by atoms with van der Waals surface area (Å²) in [5, 5.41) is 16.9. The first kappa shape index (κ1) is 16.3. The summed E-state index contributed by atoms with van der Waals surface area (Å²) in [4.78, 5) is 20.5. The van der Waals surface area contributed by atoms with Gasteiger partial charge in [0.25, 0.3) is 0 Å². The fourth-order valence-electron chi connectivity index (χ4n) is 1.44. The minimum atomic E-state index is -0.718. The zero-order valence-corrected chi connectivity index (χ0v) is 11.0. The van der Waals surface area contributed by atoms with Gasteiger partial charge in [-0.05, 0) is 30.8 Å². The van der Waals surface area contributed by atoms with E-state index >= 15 is 0 Å². The van der Waals surface area contributed by atoms with Crippen molar-refractivity contribution in [3.05, 3.63) is 0 Å². The summed E-state index contributed by atoms with van der Waals surface area (Å²) < 4.78 is 0. The summed E-state index contributed by atoms with van der Waals surface area (Å²) in [6.07, 6.45) is 6.46. The van der Waals surface area contributed by atoms with Gasteiger partial charge in [0.1, 0.15) is 0 Å². The molecule has 0 aliphatic heterocycles. The minimum Gasteiger partial charge on any atom is -0.481 e. The van der Waals surface area contributed by atoms with Crippen molar-refractivity contribution in [2.24, 2.45) is 0 Å². The Balaban J connectivity index is 2.98. The van der Waals surface area contributed by atoms with Crippen molar-refractivity contribution >= 4 is 23.7 Å². The number of carbonyl (C=O) groups is 2.